The van der Waals surface area contributed by atoms with Crippen molar-refractivity contribution in [3.05, 3.63) is 43.0 Å². The van der Waals surface area contributed by atoms with E-state index in [4.69, 9.17) is 14.2 Å². The topological polar surface area (TPSA) is 82.1 Å². The molecule has 0 spiro atoms. The van der Waals surface area contributed by atoms with Crippen LogP contribution in [0, 0.1) is 5.92 Å². The van der Waals surface area contributed by atoms with Crippen LogP contribution in [-0.2, 0) is 19.5 Å². The van der Waals surface area contributed by atoms with E-state index < -0.39 is 19.5 Å². The van der Waals surface area contributed by atoms with Gasteiger partial charge in [-0.15, -0.1) is 11.8 Å². The summed E-state index contributed by atoms with van der Waals surface area (Å²) in [6.07, 6.45) is 6.87. The quantitative estimate of drug-likeness (QED) is 0.216. The number of hydrogen-bond acceptors (Lipinski definition) is 7. The molecule has 38 heavy (non-hydrogen) atoms. The predicted octanol–water partition coefficient (Wildman–Crippen LogP) is 5.82. The lowest BCUT2D eigenvalue weighted by atomic mass is 10.0. The van der Waals surface area contributed by atoms with Gasteiger partial charge in [0.2, 0.25) is 10.0 Å². The molecule has 7 nitrogen and oxygen atoms in total. The summed E-state index contributed by atoms with van der Waals surface area (Å²) in [6.45, 7) is 10.6. The fourth-order valence-electron chi connectivity index (χ4n) is 3.66. The third-order valence-corrected chi connectivity index (χ3v) is 10.4. The molecule has 2 rings (SSSR count). The Morgan fingerprint density at radius 1 is 0.947 bits per heavy atom. The first-order valence-electron chi connectivity index (χ1n) is 12.4. The minimum absolute atomic E-state index is 0.236. The molecule has 214 valence electrons. The lowest BCUT2D eigenvalue weighted by Crippen LogP contribution is -2.34. The normalized spacial score (nSPS) is 13.5. The predicted molar refractivity (Wildman–Crippen MR) is 160 cm³/mol. The Balaban J connectivity index is 0.000000415. The third-order valence-electron chi connectivity index (χ3n) is 5.99. The van der Waals surface area contributed by atoms with Gasteiger partial charge in [0, 0.05) is 44.7 Å². The smallest absolute Gasteiger partial charge is 0.243 e. The van der Waals surface area contributed by atoms with Gasteiger partial charge in [-0.2, -0.15) is 4.31 Å². The number of unbranched alkanes of at least 4 members (excludes halogenated alkanes) is 1. The van der Waals surface area contributed by atoms with Crippen LogP contribution in [0.1, 0.15) is 40.0 Å². The number of rotatable bonds is 13. The van der Waals surface area contributed by atoms with Crippen LogP contribution in [0.3, 0.4) is 0 Å². The van der Waals surface area contributed by atoms with Crippen molar-refractivity contribution in [1.82, 2.24) is 4.31 Å². The van der Waals surface area contributed by atoms with Crippen LogP contribution in [0.4, 0.5) is 0 Å². The number of thioether (sulfide) groups is 1. The maximum absolute atomic E-state index is 12.9. The highest BCUT2D eigenvalue weighted by atomic mass is 32.2. The fourth-order valence-corrected chi connectivity index (χ4v) is 6.62. The molecule has 2 atom stereocenters. The zero-order valence-electron chi connectivity index (χ0n) is 23.9. The van der Waals surface area contributed by atoms with Crippen LogP contribution in [0.2, 0.25) is 0 Å². The summed E-state index contributed by atoms with van der Waals surface area (Å²) in [5, 5.41) is 2.56. The molecule has 0 saturated heterocycles. The van der Waals surface area contributed by atoms with Gasteiger partial charge in [-0.25, -0.2) is 8.42 Å². The second kappa shape index (κ2) is 16.1. The first-order valence-corrected chi connectivity index (χ1v) is 17.1. The first-order chi connectivity index (χ1) is 17.9. The van der Waals surface area contributed by atoms with E-state index in [9.17, 15) is 12.6 Å². The van der Waals surface area contributed by atoms with Gasteiger partial charge in [0.25, 0.3) is 0 Å². The molecular formula is C28H43NO6S3. The van der Waals surface area contributed by atoms with Crippen molar-refractivity contribution in [2.75, 3.05) is 46.9 Å². The molecule has 0 heterocycles. The Morgan fingerprint density at radius 2 is 1.53 bits per heavy atom. The SMILES string of the molecule is C=C=S(C)(=O)c1ccc(SC)c(OC)c1.CCCCC(C)CN(CC)S(=O)(=O)c1ccc(OC)c(OC)c1. The fraction of sp³-hybridized carbons (Fsp3) is 0.500. The van der Waals surface area contributed by atoms with Crippen molar-refractivity contribution >= 4 is 36.3 Å². The molecule has 0 amide bonds. The Hall–Kier alpha value is -2.10. The van der Waals surface area contributed by atoms with Crippen LogP contribution < -0.4 is 14.2 Å². The van der Waals surface area contributed by atoms with Gasteiger partial charge in [0.05, 0.1) is 26.2 Å². The lowest BCUT2D eigenvalue weighted by molar-refractivity contribution is 0.346. The zero-order chi connectivity index (χ0) is 28.9. The maximum Gasteiger partial charge on any atom is 0.243 e. The van der Waals surface area contributed by atoms with Crippen molar-refractivity contribution in [2.24, 2.45) is 5.92 Å². The van der Waals surface area contributed by atoms with Crippen LogP contribution in [0.5, 0.6) is 17.2 Å². The lowest BCUT2D eigenvalue weighted by Gasteiger charge is -2.24. The number of benzene rings is 2. The molecule has 0 saturated carbocycles. The Labute approximate surface area is 234 Å². The third kappa shape index (κ3) is 9.27. The van der Waals surface area contributed by atoms with Crippen molar-refractivity contribution in [3.8, 4) is 17.2 Å². The van der Waals surface area contributed by atoms with Gasteiger partial charge in [0.15, 0.2) is 11.5 Å². The highest BCUT2D eigenvalue weighted by Crippen LogP contribution is 2.31. The van der Waals surface area contributed by atoms with Gasteiger partial charge in [-0.1, -0.05) is 38.6 Å². The molecule has 2 unspecified atom stereocenters. The summed E-state index contributed by atoms with van der Waals surface area (Å²) in [5.41, 5.74) is 0. The molecule has 0 aliphatic heterocycles. The Morgan fingerprint density at radius 3 is 2.03 bits per heavy atom. The molecule has 0 fully saturated rings. The van der Waals surface area contributed by atoms with E-state index in [0.29, 0.717) is 35.4 Å². The second-order valence-electron chi connectivity index (χ2n) is 8.72. The molecule has 2 aromatic rings. The Kier molecular flexibility index (Phi) is 14.4. The molecule has 2 aromatic carbocycles. The average Bonchev–Trinajstić information content (AvgIpc) is 2.93. The van der Waals surface area contributed by atoms with Crippen LogP contribution in [0.15, 0.2) is 57.7 Å². The van der Waals surface area contributed by atoms with E-state index in [1.54, 1.807) is 43.3 Å². The number of methoxy groups -OCH3 is 3. The minimum atomic E-state index is -3.53. The van der Waals surface area contributed by atoms with Gasteiger partial charge < -0.3 is 14.2 Å². The molecule has 0 bridgehead atoms. The molecule has 0 aromatic heterocycles. The molecule has 0 radical (unpaired) electrons. The van der Waals surface area contributed by atoms with E-state index in [-0.39, 0.29) is 4.90 Å². The van der Waals surface area contributed by atoms with E-state index >= 15 is 0 Å². The summed E-state index contributed by atoms with van der Waals surface area (Å²) in [4.78, 5) is 1.97. The van der Waals surface area contributed by atoms with E-state index in [1.165, 1.54) is 24.6 Å². The highest BCUT2D eigenvalue weighted by molar-refractivity contribution is 8.00. The van der Waals surface area contributed by atoms with Crippen LogP contribution in [0.25, 0.3) is 0 Å². The van der Waals surface area contributed by atoms with E-state index in [0.717, 1.165) is 29.9 Å². The minimum Gasteiger partial charge on any atom is -0.496 e. The monoisotopic (exact) mass is 585 g/mol. The van der Waals surface area contributed by atoms with Gasteiger partial charge >= 0.3 is 0 Å². The van der Waals surface area contributed by atoms with Gasteiger partial charge in [-0.05, 0) is 55.5 Å². The first kappa shape index (κ1) is 33.9. The van der Waals surface area contributed by atoms with Crippen molar-refractivity contribution < 1.29 is 26.8 Å². The van der Waals surface area contributed by atoms with Crippen molar-refractivity contribution in [3.63, 3.8) is 0 Å². The maximum atomic E-state index is 12.9. The van der Waals surface area contributed by atoms with E-state index in [2.05, 4.69) is 25.4 Å². The van der Waals surface area contributed by atoms with Crippen molar-refractivity contribution in [1.29, 1.82) is 0 Å². The average molecular weight is 586 g/mol. The molecule has 0 aliphatic rings. The molecule has 0 N–H and O–H groups in total. The van der Waals surface area contributed by atoms with E-state index in [1.807, 2.05) is 25.3 Å². The van der Waals surface area contributed by atoms with Gasteiger partial charge in [-0.3, -0.25) is 4.21 Å². The van der Waals surface area contributed by atoms with Crippen LogP contribution in [-0.4, -0.2) is 68.9 Å². The Bertz CT molecular complexity index is 1280. The standard InChI is InChI=1S/C17H29NO4S.C11H14O2S2/c1-6-8-9-14(3)13-18(7-2)23(19,20)15-10-11-16(21-4)17(12-15)22-5;1-5-15(4,12)9-6-7-11(14-3)10(8-9)13-2/h10-12,14H,6-9,13H2,1-5H3;6-8H,1H2,2-4H3. The number of sulfonamides is 1. The second-order valence-corrected chi connectivity index (χ2v) is 14.0. The highest BCUT2D eigenvalue weighted by Gasteiger charge is 2.25. The van der Waals surface area contributed by atoms with Crippen molar-refractivity contribution in [2.45, 2.75) is 54.7 Å². The molecule has 10 heteroatoms. The molecule has 0 aliphatic carbocycles. The summed E-state index contributed by atoms with van der Waals surface area (Å²) >= 11 is 1.59. The largest absolute Gasteiger partial charge is 0.496 e. The zero-order valence-corrected chi connectivity index (χ0v) is 26.4. The summed E-state index contributed by atoms with van der Waals surface area (Å²) in [5.74, 6) is 2.02. The summed E-state index contributed by atoms with van der Waals surface area (Å²) in [7, 11) is -1.16. The van der Waals surface area contributed by atoms with Crippen LogP contribution >= 0.6 is 11.8 Å². The van der Waals surface area contributed by atoms with Gasteiger partial charge in [0.1, 0.15) is 5.75 Å². The molecular weight excluding hydrogens is 543 g/mol. The number of hydrogen-bond donors (Lipinski definition) is 0. The summed E-state index contributed by atoms with van der Waals surface area (Å²) < 4.78 is 54.9. The number of nitrogens with zero attached hydrogens (tertiary/aromatic N) is 1. The number of ether oxygens (including phenoxy) is 3. The summed E-state index contributed by atoms with van der Waals surface area (Å²) in [6, 6.07) is 10.2.